The van der Waals surface area contributed by atoms with Crippen LogP contribution in [0.1, 0.15) is 24.8 Å². The summed E-state index contributed by atoms with van der Waals surface area (Å²) in [7, 11) is 0. The molecule has 0 fully saturated rings. The van der Waals surface area contributed by atoms with Crippen LogP contribution in [0.4, 0.5) is 24.5 Å². The number of halogens is 3. The van der Waals surface area contributed by atoms with Crippen LogP contribution in [0.15, 0.2) is 30.4 Å². The SMILES string of the molecule is O=C(COC(=O)[C@@H]1CC=CCC1)Nc1ccc(C(F)(F)F)cc1[N+](=O)[O-]. The number of nitrogens with one attached hydrogen (secondary N) is 1. The largest absolute Gasteiger partial charge is 0.455 e. The zero-order valence-corrected chi connectivity index (χ0v) is 13.4. The molecule has 1 N–H and O–H groups in total. The highest BCUT2D eigenvalue weighted by Crippen LogP contribution is 2.34. The fourth-order valence-corrected chi connectivity index (χ4v) is 2.41. The molecule has 1 atom stereocenters. The molecule has 0 heterocycles. The number of anilines is 1. The Labute approximate surface area is 146 Å². The standard InChI is InChI=1S/C16H15F3N2O5/c17-16(18,19)11-6-7-12(13(8-11)21(24)25)20-14(22)9-26-15(23)10-4-2-1-3-5-10/h1-2,6-8,10H,3-5,9H2,(H,20,22)/t10-/m1/s1. The van der Waals surface area contributed by atoms with Gasteiger partial charge in [-0.05, 0) is 31.4 Å². The van der Waals surface area contributed by atoms with Crippen LogP contribution in [0.25, 0.3) is 0 Å². The average Bonchev–Trinajstić information content (AvgIpc) is 2.59. The predicted molar refractivity (Wildman–Crippen MR) is 84.2 cm³/mol. The van der Waals surface area contributed by atoms with Gasteiger partial charge in [0.1, 0.15) is 5.69 Å². The number of carbonyl (C=O) groups is 2. The van der Waals surface area contributed by atoms with Gasteiger partial charge in [-0.25, -0.2) is 0 Å². The Morgan fingerprint density at radius 3 is 2.62 bits per heavy atom. The van der Waals surface area contributed by atoms with Crippen molar-refractivity contribution in [3.63, 3.8) is 0 Å². The average molecular weight is 372 g/mol. The van der Waals surface area contributed by atoms with Gasteiger partial charge in [-0.1, -0.05) is 12.2 Å². The third-order valence-electron chi connectivity index (χ3n) is 3.74. The molecule has 0 saturated heterocycles. The van der Waals surface area contributed by atoms with E-state index >= 15 is 0 Å². The normalized spacial score (nSPS) is 16.8. The van der Waals surface area contributed by atoms with E-state index in [1.807, 2.05) is 12.2 Å². The Morgan fingerprint density at radius 1 is 1.31 bits per heavy atom. The summed E-state index contributed by atoms with van der Waals surface area (Å²) in [5, 5.41) is 13.0. The molecule has 10 heteroatoms. The van der Waals surface area contributed by atoms with E-state index in [0.29, 0.717) is 25.0 Å². The van der Waals surface area contributed by atoms with Crippen LogP contribution < -0.4 is 5.32 Å². The number of hydrogen-bond donors (Lipinski definition) is 1. The Morgan fingerprint density at radius 2 is 2.04 bits per heavy atom. The minimum atomic E-state index is -4.75. The number of amides is 1. The van der Waals surface area contributed by atoms with E-state index in [1.54, 1.807) is 0 Å². The molecule has 0 spiro atoms. The highest BCUT2D eigenvalue weighted by molar-refractivity contribution is 5.95. The van der Waals surface area contributed by atoms with Gasteiger partial charge in [-0.2, -0.15) is 13.2 Å². The maximum absolute atomic E-state index is 12.6. The van der Waals surface area contributed by atoms with Gasteiger partial charge in [-0.3, -0.25) is 19.7 Å². The quantitative estimate of drug-likeness (QED) is 0.369. The summed E-state index contributed by atoms with van der Waals surface area (Å²) in [6, 6.07) is 1.73. The molecule has 2 rings (SSSR count). The number of carbonyl (C=O) groups excluding carboxylic acids is 2. The van der Waals surface area contributed by atoms with Gasteiger partial charge < -0.3 is 10.1 Å². The summed E-state index contributed by atoms with van der Waals surface area (Å²) in [5.41, 5.74) is -2.53. The molecule has 0 aromatic heterocycles. The van der Waals surface area contributed by atoms with E-state index in [9.17, 15) is 32.9 Å². The number of ether oxygens (including phenoxy) is 1. The van der Waals surface area contributed by atoms with Crippen molar-refractivity contribution in [2.75, 3.05) is 11.9 Å². The lowest BCUT2D eigenvalue weighted by Gasteiger charge is -2.16. The lowest BCUT2D eigenvalue weighted by atomic mass is 9.95. The second kappa shape index (κ2) is 7.98. The molecule has 0 aliphatic heterocycles. The number of rotatable bonds is 5. The highest BCUT2D eigenvalue weighted by Gasteiger charge is 2.33. The van der Waals surface area contributed by atoms with Gasteiger partial charge in [0.25, 0.3) is 11.6 Å². The summed E-state index contributed by atoms with van der Waals surface area (Å²) in [6.07, 6.45) is 0.842. The lowest BCUT2D eigenvalue weighted by molar-refractivity contribution is -0.384. The number of esters is 1. The Hall–Kier alpha value is -2.91. The predicted octanol–water partition coefficient (Wildman–Crippen LogP) is 3.45. The second-order valence-electron chi connectivity index (χ2n) is 5.62. The molecule has 0 unspecified atom stereocenters. The van der Waals surface area contributed by atoms with Crippen LogP contribution in [0.2, 0.25) is 0 Å². The molecule has 140 valence electrons. The fraction of sp³-hybridized carbons (Fsp3) is 0.375. The minimum Gasteiger partial charge on any atom is -0.455 e. The number of nitrogens with zero attached hydrogens (tertiary/aromatic N) is 1. The Balaban J connectivity index is 2.00. The van der Waals surface area contributed by atoms with Crippen molar-refractivity contribution in [1.82, 2.24) is 0 Å². The van der Waals surface area contributed by atoms with Crippen LogP contribution >= 0.6 is 0 Å². The van der Waals surface area contributed by atoms with Gasteiger partial charge in [0, 0.05) is 6.07 Å². The van der Waals surface area contributed by atoms with Crippen LogP contribution in [0.3, 0.4) is 0 Å². The third-order valence-corrected chi connectivity index (χ3v) is 3.74. The van der Waals surface area contributed by atoms with Crippen molar-refractivity contribution in [2.24, 2.45) is 5.92 Å². The van der Waals surface area contributed by atoms with Crippen LogP contribution in [0.5, 0.6) is 0 Å². The molecule has 1 aromatic rings. The van der Waals surface area contributed by atoms with Gasteiger partial charge in [0.2, 0.25) is 0 Å². The smallest absolute Gasteiger partial charge is 0.416 e. The van der Waals surface area contributed by atoms with Gasteiger partial charge in [0.05, 0.1) is 16.4 Å². The maximum atomic E-state index is 12.6. The lowest BCUT2D eigenvalue weighted by Crippen LogP contribution is -2.25. The minimum absolute atomic E-state index is 0.329. The molecule has 1 amide bonds. The topological polar surface area (TPSA) is 98.5 Å². The third kappa shape index (κ3) is 5.04. The Bertz CT molecular complexity index is 746. The Kier molecular flexibility index (Phi) is 5.96. The van der Waals surface area contributed by atoms with E-state index in [0.717, 1.165) is 12.5 Å². The molecular weight excluding hydrogens is 357 g/mol. The first-order valence-corrected chi connectivity index (χ1v) is 7.65. The van der Waals surface area contributed by atoms with Crippen molar-refractivity contribution in [1.29, 1.82) is 0 Å². The number of allylic oxidation sites excluding steroid dienone is 2. The number of alkyl halides is 3. The summed E-state index contributed by atoms with van der Waals surface area (Å²) in [5.74, 6) is -1.80. The summed E-state index contributed by atoms with van der Waals surface area (Å²) in [6.45, 7) is -0.683. The molecule has 1 aliphatic rings. The first-order valence-electron chi connectivity index (χ1n) is 7.65. The molecule has 0 radical (unpaired) electrons. The molecule has 0 bridgehead atoms. The monoisotopic (exact) mass is 372 g/mol. The first kappa shape index (κ1) is 19.4. The van der Waals surface area contributed by atoms with Gasteiger partial charge in [-0.15, -0.1) is 0 Å². The summed E-state index contributed by atoms with van der Waals surface area (Å²) >= 11 is 0. The van der Waals surface area contributed by atoms with Crippen LogP contribution in [-0.2, 0) is 20.5 Å². The molecule has 7 nitrogen and oxygen atoms in total. The molecule has 1 aromatic carbocycles. The van der Waals surface area contributed by atoms with Crippen LogP contribution in [-0.4, -0.2) is 23.4 Å². The van der Waals surface area contributed by atoms with E-state index in [-0.39, 0.29) is 5.92 Å². The highest BCUT2D eigenvalue weighted by atomic mass is 19.4. The number of nitro groups is 1. The molecule has 1 aliphatic carbocycles. The van der Waals surface area contributed by atoms with Crippen molar-refractivity contribution in [3.8, 4) is 0 Å². The van der Waals surface area contributed by atoms with Crippen LogP contribution in [0, 0.1) is 16.0 Å². The number of nitro benzene ring substituents is 1. The van der Waals surface area contributed by atoms with Crippen molar-refractivity contribution in [2.45, 2.75) is 25.4 Å². The van der Waals surface area contributed by atoms with E-state index in [4.69, 9.17) is 4.74 Å². The zero-order chi connectivity index (χ0) is 19.3. The zero-order valence-electron chi connectivity index (χ0n) is 13.4. The molecule has 0 saturated carbocycles. The second-order valence-corrected chi connectivity index (χ2v) is 5.62. The van der Waals surface area contributed by atoms with Crippen molar-refractivity contribution >= 4 is 23.3 Å². The van der Waals surface area contributed by atoms with E-state index in [1.165, 1.54) is 0 Å². The van der Waals surface area contributed by atoms with E-state index in [2.05, 4.69) is 5.32 Å². The van der Waals surface area contributed by atoms with Gasteiger partial charge in [0.15, 0.2) is 6.61 Å². The summed E-state index contributed by atoms with van der Waals surface area (Å²) in [4.78, 5) is 33.5. The van der Waals surface area contributed by atoms with Crippen molar-refractivity contribution < 1.29 is 32.4 Å². The first-order chi connectivity index (χ1) is 12.2. The van der Waals surface area contributed by atoms with Crippen molar-refractivity contribution in [3.05, 3.63) is 46.0 Å². The molecular formula is C16H15F3N2O5. The maximum Gasteiger partial charge on any atom is 0.416 e. The molecule has 26 heavy (non-hydrogen) atoms. The number of benzene rings is 1. The fourth-order valence-electron chi connectivity index (χ4n) is 2.41. The van der Waals surface area contributed by atoms with Gasteiger partial charge >= 0.3 is 12.1 Å². The summed E-state index contributed by atoms with van der Waals surface area (Å²) < 4.78 is 42.8. The number of hydrogen-bond acceptors (Lipinski definition) is 5. The van der Waals surface area contributed by atoms with E-state index < -0.39 is 46.5 Å².